The molecule has 2 amide bonds. The number of nitrogens with zero attached hydrogens (tertiary/aromatic N) is 4. The van der Waals surface area contributed by atoms with Crippen LogP contribution in [0.2, 0.25) is 0 Å². The Bertz CT molecular complexity index is 1300. The smallest absolute Gasteiger partial charge is 0.336 e. The number of halogens is 3. The lowest BCUT2D eigenvalue weighted by atomic mass is 10.0. The Hall–Kier alpha value is -3.06. The Morgan fingerprint density at radius 2 is 1.78 bits per heavy atom. The molecule has 2 heterocycles. The number of alkyl halides is 3. The van der Waals surface area contributed by atoms with Gasteiger partial charge in [-0.15, -0.1) is 9.24 Å². The largest absolute Gasteiger partial charge is 0.417 e. The molecule has 0 saturated carbocycles. The van der Waals surface area contributed by atoms with E-state index < -0.39 is 28.7 Å². The molecule has 12 heteroatoms. The van der Waals surface area contributed by atoms with Crippen molar-refractivity contribution in [2.45, 2.75) is 25.6 Å². The van der Waals surface area contributed by atoms with Crippen LogP contribution in [-0.4, -0.2) is 53.5 Å². The number of hydrogen-bond donors (Lipinski definition) is 1. The molecule has 0 radical (unpaired) electrons. The predicted molar refractivity (Wildman–Crippen MR) is 137 cm³/mol. The van der Waals surface area contributed by atoms with Crippen molar-refractivity contribution in [2.24, 2.45) is 0 Å². The van der Waals surface area contributed by atoms with Crippen LogP contribution in [0.1, 0.15) is 35.3 Å². The maximum absolute atomic E-state index is 13.5. The highest BCUT2D eigenvalue weighted by atomic mass is 32.1. The Kier molecular flexibility index (Phi) is 6.82. The van der Waals surface area contributed by atoms with Crippen LogP contribution in [0.5, 0.6) is 0 Å². The van der Waals surface area contributed by atoms with Crippen molar-refractivity contribution in [1.82, 2.24) is 10.2 Å². The molecule has 2 saturated heterocycles. The molecule has 7 nitrogen and oxygen atoms in total. The van der Waals surface area contributed by atoms with Crippen molar-refractivity contribution >= 4 is 55.1 Å². The van der Waals surface area contributed by atoms with Crippen LogP contribution >= 0.6 is 21.5 Å². The first-order valence-corrected chi connectivity index (χ1v) is 12.1. The predicted octanol–water partition coefficient (Wildman–Crippen LogP) is 3.04. The summed E-state index contributed by atoms with van der Waals surface area (Å²) in [5.41, 5.74) is -1.96. The molecule has 0 aliphatic carbocycles. The summed E-state index contributed by atoms with van der Waals surface area (Å²) >= 11 is 5.58. The van der Waals surface area contributed by atoms with E-state index in [-0.39, 0.29) is 16.7 Å². The minimum atomic E-state index is -4.78. The lowest BCUT2D eigenvalue weighted by molar-refractivity contribution is -0.137. The number of amides is 2. The summed E-state index contributed by atoms with van der Waals surface area (Å²) in [6.07, 6.45) is -4.78. The fourth-order valence-corrected chi connectivity index (χ4v) is 5.29. The van der Waals surface area contributed by atoms with Gasteiger partial charge in [-0.05, 0) is 67.8 Å². The van der Waals surface area contributed by atoms with Gasteiger partial charge in [0.05, 0.1) is 22.9 Å². The van der Waals surface area contributed by atoms with Crippen LogP contribution in [0.15, 0.2) is 36.4 Å². The van der Waals surface area contributed by atoms with Crippen LogP contribution in [0.25, 0.3) is 0 Å². The van der Waals surface area contributed by atoms with E-state index in [1.165, 1.54) is 12.1 Å². The second kappa shape index (κ2) is 9.43. The summed E-state index contributed by atoms with van der Waals surface area (Å²) in [5.74, 6) is -0.622. The third-order valence-electron chi connectivity index (χ3n) is 6.28. The Morgan fingerprint density at radius 3 is 2.36 bits per heavy atom. The number of carbonyl (C=O) groups excluding carboxylic acids is 2. The number of carbonyl (C=O) groups is 2. The number of piperazine rings is 1. The number of nitriles is 1. The maximum Gasteiger partial charge on any atom is 0.417 e. The van der Waals surface area contributed by atoms with Crippen LogP contribution < -0.4 is 20.4 Å². The van der Waals surface area contributed by atoms with Crippen molar-refractivity contribution in [1.29, 1.82) is 5.26 Å². The van der Waals surface area contributed by atoms with Gasteiger partial charge in [-0.2, -0.15) is 18.4 Å². The number of anilines is 2. The highest BCUT2D eigenvalue weighted by molar-refractivity contribution is 7.81. The summed E-state index contributed by atoms with van der Waals surface area (Å²) in [6.45, 7) is 5.88. The fourth-order valence-electron chi connectivity index (χ4n) is 4.38. The van der Waals surface area contributed by atoms with Crippen LogP contribution in [0.3, 0.4) is 0 Å². The molecule has 188 valence electrons. The molecule has 2 aromatic rings. The quantitative estimate of drug-likeness (QED) is 0.483. The Labute approximate surface area is 214 Å². The topological polar surface area (TPSA) is 79.7 Å². The molecule has 2 aromatic carbocycles. The summed E-state index contributed by atoms with van der Waals surface area (Å²) in [5, 5.41) is 12.9. The van der Waals surface area contributed by atoms with E-state index >= 15 is 0 Å². The van der Waals surface area contributed by atoms with Crippen molar-refractivity contribution in [3.63, 3.8) is 0 Å². The van der Waals surface area contributed by atoms with E-state index in [1.54, 1.807) is 41.8 Å². The first-order chi connectivity index (χ1) is 16.9. The first kappa shape index (κ1) is 26.0. The van der Waals surface area contributed by atoms with Gasteiger partial charge in [-0.25, -0.2) is 0 Å². The first-order valence-electron chi connectivity index (χ1n) is 11.1. The number of nitrogens with one attached hydrogen (secondary N) is 1. The maximum atomic E-state index is 13.5. The Balaban J connectivity index is 1.70. The number of benzene rings is 2. The van der Waals surface area contributed by atoms with Gasteiger partial charge in [0.25, 0.3) is 11.8 Å². The monoisotopic (exact) mass is 533 g/mol. The highest BCUT2D eigenvalue weighted by Gasteiger charge is 2.50. The van der Waals surface area contributed by atoms with E-state index in [1.807, 2.05) is 0 Å². The van der Waals surface area contributed by atoms with Gasteiger partial charge in [0.2, 0.25) is 0 Å². The summed E-state index contributed by atoms with van der Waals surface area (Å²) in [6, 6.07) is 9.65. The van der Waals surface area contributed by atoms with Crippen LogP contribution in [0, 0.1) is 11.3 Å². The van der Waals surface area contributed by atoms with Crippen LogP contribution in [0.4, 0.5) is 24.5 Å². The molecular formula is C24H23F3N5O2PS. The second-order valence-corrected chi connectivity index (χ2v) is 9.96. The molecular weight excluding hydrogens is 510 g/mol. The molecule has 1 N–H and O–H groups in total. The lowest BCUT2D eigenvalue weighted by Crippen LogP contribution is -2.47. The van der Waals surface area contributed by atoms with Gasteiger partial charge in [0, 0.05) is 37.4 Å². The fraction of sp³-hybridized carbons (Fsp3) is 0.333. The number of hydrogen-bond acceptors (Lipinski definition) is 5. The molecule has 2 aliphatic heterocycles. The van der Waals surface area contributed by atoms with Crippen molar-refractivity contribution in [3.8, 4) is 6.07 Å². The van der Waals surface area contributed by atoms with E-state index in [9.17, 15) is 22.8 Å². The van der Waals surface area contributed by atoms with Gasteiger partial charge in [0.15, 0.2) is 5.11 Å². The minimum absolute atomic E-state index is 0.00610. The van der Waals surface area contributed by atoms with Gasteiger partial charge in [-0.1, -0.05) is 0 Å². The zero-order chi connectivity index (χ0) is 26.4. The molecule has 0 bridgehead atoms. The zero-order valence-corrected chi connectivity index (χ0v) is 21.5. The van der Waals surface area contributed by atoms with E-state index in [0.717, 1.165) is 30.1 Å². The van der Waals surface area contributed by atoms with Crippen molar-refractivity contribution in [2.75, 3.05) is 36.0 Å². The Morgan fingerprint density at radius 1 is 1.14 bits per heavy atom. The van der Waals surface area contributed by atoms with Gasteiger partial charge in [-0.3, -0.25) is 14.5 Å². The average molecular weight is 534 g/mol. The van der Waals surface area contributed by atoms with Crippen molar-refractivity contribution in [3.05, 3.63) is 53.1 Å². The van der Waals surface area contributed by atoms with E-state index in [0.29, 0.717) is 29.6 Å². The second-order valence-electron chi connectivity index (χ2n) is 8.97. The molecule has 0 aromatic heterocycles. The molecule has 4 rings (SSSR count). The van der Waals surface area contributed by atoms with Gasteiger partial charge in [0.1, 0.15) is 5.54 Å². The number of thiocarbonyl (C=S) groups is 1. The van der Waals surface area contributed by atoms with Gasteiger partial charge < -0.3 is 15.1 Å². The minimum Gasteiger partial charge on any atom is -0.336 e. The van der Waals surface area contributed by atoms with Gasteiger partial charge >= 0.3 is 6.18 Å². The third kappa shape index (κ3) is 4.45. The highest BCUT2D eigenvalue weighted by Crippen LogP contribution is 2.39. The molecule has 2 aliphatic rings. The third-order valence-corrected chi connectivity index (χ3v) is 7.13. The summed E-state index contributed by atoms with van der Waals surface area (Å²) in [7, 11) is 2.53. The summed E-state index contributed by atoms with van der Waals surface area (Å²) in [4.78, 5) is 30.7. The molecule has 1 unspecified atom stereocenters. The molecule has 0 spiro atoms. The SMILES string of the molecule is CC1(C)C(=O)N(c2ccc(C#N)c(C(F)(F)F)c2)C(=S)N1c1ccc(C(=O)N2CCNCC2)c(P)c1. The molecule has 1 atom stereocenters. The normalized spacial score (nSPS) is 18.0. The number of rotatable bonds is 3. The average Bonchev–Trinajstić information content (AvgIpc) is 3.01. The lowest BCUT2D eigenvalue weighted by Gasteiger charge is -2.31. The van der Waals surface area contributed by atoms with Crippen molar-refractivity contribution < 1.29 is 22.8 Å². The summed E-state index contributed by atoms with van der Waals surface area (Å²) < 4.78 is 40.6. The van der Waals surface area contributed by atoms with Crippen LogP contribution in [-0.2, 0) is 11.0 Å². The zero-order valence-electron chi connectivity index (χ0n) is 19.5. The molecule has 36 heavy (non-hydrogen) atoms. The van der Waals surface area contributed by atoms with E-state index in [4.69, 9.17) is 17.5 Å². The van der Waals surface area contributed by atoms with E-state index in [2.05, 4.69) is 14.6 Å². The molecule has 2 fully saturated rings. The standard InChI is InChI=1S/C24H23F3N5O2PS/c1-23(2)21(34)31(15-4-3-14(13-28)18(11-15)24(25,26)27)22(36)32(23)16-5-6-17(19(35)12-16)20(33)30-9-7-29-8-10-30/h3-6,11-12,29H,7-10,35H2,1-2H3.